The number of aliphatic carboxylic acids is 1. The number of carboxylic acids is 1. The average molecular weight is 330 g/mol. The number of carboxylic acid groups (broad SMARTS) is 1. The number of hydrogen-bond acceptors (Lipinski definition) is 3. The summed E-state index contributed by atoms with van der Waals surface area (Å²) >= 11 is 0. The van der Waals surface area contributed by atoms with Gasteiger partial charge in [0.15, 0.2) is 0 Å². The van der Waals surface area contributed by atoms with Crippen LogP contribution in [0.25, 0.3) is 0 Å². The van der Waals surface area contributed by atoms with Crippen LogP contribution in [0.4, 0.5) is 0 Å². The van der Waals surface area contributed by atoms with Gasteiger partial charge in [0.2, 0.25) is 0 Å². The maximum absolute atomic E-state index is 12.4. The lowest BCUT2D eigenvalue weighted by atomic mass is 9.69. The topological polar surface area (TPSA) is 63.6 Å². The molecular weight excluding hydrogens is 304 g/mol. The van der Waals surface area contributed by atoms with E-state index in [0.717, 1.165) is 31.2 Å². The SMILES string of the molecule is CC1(C)C[C@@H]([C@H](C(=O)O)[C@H](c2ccccc2)C2CCCC2)C(=O)O1. The maximum atomic E-state index is 12.4. The van der Waals surface area contributed by atoms with Crippen LogP contribution in [0.3, 0.4) is 0 Å². The van der Waals surface area contributed by atoms with Crippen LogP contribution >= 0.6 is 0 Å². The number of rotatable bonds is 5. The summed E-state index contributed by atoms with van der Waals surface area (Å²) in [5.41, 5.74) is 0.459. The normalized spacial score (nSPS) is 26.1. The summed E-state index contributed by atoms with van der Waals surface area (Å²) in [6.45, 7) is 3.72. The van der Waals surface area contributed by atoms with Gasteiger partial charge in [-0.25, -0.2) is 0 Å². The van der Waals surface area contributed by atoms with Crippen molar-refractivity contribution in [3.05, 3.63) is 35.9 Å². The summed E-state index contributed by atoms with van der Waals surface area (Å²) in [5, 5.41) is 10.0. The van der Waals surface area contributed by atoms with Gasteiger partial charge in [-0.2, -0.15) is 0 Å². The van der Waals surface area contributed by atoms with E-state index in [1.165, 1.54) is 0 Å². The van der Waals surface area contributed by atoms with E-state index in [1.807, 2.05) is 44.2 Å². The van der Waals surface area contributed by atoms with Crippen LogP contribution in [-0.4, -0.2) is 22.6 Å². The average Bonchev–Trinajstić information content (AvgIpc) is 3.12. The Hall–Kier alpha value is -1.84. The summed E-state index contributed by atoms with van der Waals surface area (Å²) in [7, 11) is 0. The van der Waals surface area contributed by atoms with E-state index in [0.29, 0.717) is 12.3 Å². The van der Waals surface area contributed by atoms with Crippen molar-refractivity contribution in [3.8, 4) is 0 Å². The molecule has 3 rings (SSSR count). The van der Waals surface area contributed by atoms with Gasteiger partial charge in [0.25, 0.3) is 0 Å². The Labute approximate surface area is 143 Å². The van der Waals surface area contributed by atoms with Gasteiger partial charge in [-0.3, -0.25) is 9.59 Å². The van der Waals surface area contributed by atoms with Gasteiger partial charge in [0.05, 0.1) is 11.8 Å². The highest BCUT2D eigenvalue weighted by Crippen LogP contribution is 2.48. The van der Waals surface area contributed by atoms with E-state index in [1.54, 1.807) is 0 Å². The second-order valence-corrected chi connectivity index (χ2v) is 7.84. The Kier molecular flexibility index (Phi) is 4.66. The lowest BCUT2D eigenvalue weighted by molar-refractivity contribution is -0.156. The molecule has 4 heteroatoms. The summed E-state index contributed by atoms with van der Waals surface area (Å²) < 4.78 is 5.44. The van der Waals surface area contributed by atoms with E-state index in [-0.39, 0.29) is 11.9 Å². The first-order valence-electron chi connectivity index (χ1n) is 8.90. The zero-order chi connectivity index (χ0) is 17.3. The molecule has 0 unspecified atom stereocenters. The van der Waals surface area contributed by atoms with Crippen LogP contribution in [0, 0.1) is 17.8 Å². The second-order valence-electron chi connectivity index (χ2n) is 7.84. The fourth-order valence-electron chi connectivity index (χ4n) is 4.62. The first kappa shape index (κ1) is 17.0. The molecule has 0 amide bonds. The van der Waals surface area contributed by atoms with Crippen LogP contribution in [-0.2, 0) is 14.3 Å². The molecule has 0 aromatic heterocycles. The molecule has 130 valence electrons. The summed E-state index contributed by atoms with van der Waals surface area (Å²) in [4.78, 5) is 24.6. The third-order valence-electron chi connectivity index (χ3n) is 5.59. The van der Waals surface area contributed by atoms with Crippen molar-refractivity contribution in [2.45, 2.75) is 57.5 Å². The van der Waals surface area contributed by atoms with Crippen molar-refractivity contribution in [2.24, 2.45) is 17.8 Å². The van der Waals surface area contributed by atoms with Gasteiger partial charge >= 0.3 is 11.9 Å². The molecule has 1 N–H and O–H groups in total. The van der Waals surface area contributed by atoms with Crippen molar-refractivity contribution in [3.63, 3.8) is 0 Å². The first-order valence-corrected chi connectivity index (χ1v) is 8.90. The molecule has 2 fully saturated rings. The molecular formula is C20H26O4. The Bertz CT molecular complexity index is 601. The van der Waals surface area contributed by atoms with Crippen molar-refractivity contribution < 1.29 is 19.4 Å². The molecule has 0 radical (unpaired) electrons. The molecule has 3 atom stereocenters. The largest absolute Gasteiger partial charge is 0.481 e. The fourth-order valence-corrected chi connectivity index (χ4v) is 4.62. The van der Waals surface area contributed by atoms with E-state index >= 15 is 0 Å². The molecule has 1 saturated heterocycles. The molecule has 1 heterocycles. The molecule has 0 spiro atoms. The number of carbonyl (C=O) groups is 2. The highest BCUT2D eigenvalue weighted by Gasteiger charge is 2.51. The molecule has 2 aliphatic rings. The lowest BCUT2D eigenvalue weighted by Gasteiger charge is -2.32. The Balaban J connectivity index is 1.99. The zero-order valence-electron chi connectivity index (χ0n) is 14.4. The van der Waals surface area contributed by atoms with E-state index in [4.69, 9.17) is 4.74 Å². The van der Waals surface area contributed by atoms with Crippen molar-refractivity contribution >= 4 is 11.9 Å². The van der Waals surface area contributed by atoms with Crippen LogP contribution in [0.5, 0.6) is 0 Å². The number of carbonyl (C=O) groups excluding carboxylic acids is 1. The predicted octanol–water partition coefficient (Wildman–Crippen LogP) is 4.00. The van der Waals surface area contributed by atoms with Gasteiger partial charge in [0.1, 0.15) is 5.60 Å². The monoisotopic (exact) mass is 330 g/mol. The molecule has 0 bridgehead atoms. The third kappa shape index (κ3) is 3.33. The Morgan fingerprint density at radius 2 is 1.83 bits per heavy atom. The molecule has 4 nitrogen and oxygen atoms in total. The standard InChI is InChI=1S/C20H26O4/c1-20(2)12-15(19(23)24-20)17(18(21)22)16(14-10-6-7-11-14)13-8-4-3-5-9-13/h3-5,8-9,14-17H,6-7,10-12H2,1-2H3,(H,21,22)/t15-,16+,17-/m0/s1. The quantitative estimate of drug-likeness (QED) is 0.829. The van der Waals surface area contributed by atoms with Gasteiger partial charge in [-0.05, 0) is 38.2 Å². The summed E-state index contributed by atoms with van der Waals surface area (Å²) in [6.07, 6.45) is 4.82. The smallest absolute Gasteiger partial charge is 0.310 e. The second kappa shape index (κ2) is 6.58. The molecule has 1 saturated carbocycles. The minimum absolute atomic E-state index is 0.127. The van der Waals surface area contributed by atoms with Crippen LogP contribution in [0.15, 0.2) is 30.3 Å². The number of cyclic esters (lactones) is 1. The van der Waals surface area contributed by atoms with Crippen LogP contribution < -0.4 is 0 Å². The predicted molar refractivity (Wildman–Crippen MR) is 90.5 cm³/mol. The fraction of sp³-hybridized carbons (Fsp3) is 0.600. The van der Waals surface area contributed by atoms with Crippen molar-refractivity contribution in [1.82, 2.24) is 0 Å². The lowest BCUT2D eigenvalue weighted by Crippen LogP contribution is -2.35. The molecule has 1 aromatic rings. The van der Waals surface area contributed by atoms with Gasteiger partial charge in [-0.15, -0.1) is 0 Å². The minimum atomic E-state index is -0.879. The molecule has 24 heavy (non-hydrogen) atoms. The first-order chi connectivity index (χ1) is 11.4. The number of esters is 1. The number of benzene rings is 1. The molecule has 1 aromatic carbocycles. The zero-order valence-corrected chi connectivity index (χ0v) is 14.4. The van der Waals surface area contributed by atoms with E-state index < -0.39 is 23.4 Å². The Morgan fingerprint density at radius 3 is 2.33 bits per heavy atom. The van der Waals surface area contributed by atoms with Gasteiger partial charge < -0.3 is 9.84 Å². The highest BCUT2D eigenvalue weighted by molar-refractivity contribution is 5.83. The number of ether oxygens (including phenoxy) is 1. The van der Waals surface area contributed by atoms with Gasteiger partial charge in [0, 0.05) is 12.3 Å². The van der Waals surface area contributed by atoms with Crippen LogP contribution in [0.1, 0.15) is 57.4 Å². The molecule has 1 aliphatic carbocycles. The summed E-state index contributed by atoms with van der Waals surface area (Å²) in [5.74, 6) is -2.32. The minimum Gasteiger partial charge on any atom is -0.481 e. The summed E-state index contributed by atoms with van der Waals surface area (Å²) in [6, 6.07) is 9.85. The van der Waals surface area contributed by atoms with E-state index in [9.17, 15) is 14.7 Å². The molecule has 1 aliphatic heterocycles. The highest BCUT2D eigenvalue weighted by atomic mass is 16.6. The number of hydrogen-bond donors (Lipinski definition) is 1. The Morgan fingerprint density at radius 1 is 1.21 bits per heavy atom. The van der Waals surface area contributed by atoms with E-state index in [2.05, 4.69) is 0 Å². The third-order valence-corrected chi connectivity index (χ3v) is 5.59. The maximum Gasteiger partial charge on any atom is 0.310 e. The van der Waals surface area contributed by atoms with Crippen LogP contribution in [0.2, 0.25) is 0 Å². The van der Waals surface area contributed by atoms with Gasteiger partial charge in [-0.1, -0.05) is 43.2 Å². The van der Waals surface area contributed by atoms with Crippen molar-refractivity contribution in [1.29, 1.82) is 0 Å². The van der Waals surface area contributed by atoms with Crippen molar-refractivity contribution in [2.75, 3.05) is 0 Å².